The lowest BCUT2D eigenvalue weighted by molar-refractivity contribution is 0.102. The normalized spacial score (nSPS) is 11.2. The van der Waals surface area contributed by atoms with Crippen molar-refractivity contribution in [1.82, 2.24) is 0 Å². The highest BCUT2D eigenvalue weighted by molar-refractivity contribution is 7.89. The van der Waals surface area contributed by atoms with Gasteiger partial charge >= 0.3 is 0 Å². The van der Waals surface area contributed by atoms with Crippen LogP contribution in [0.25, 0.3) is 0 Å². The van der Waals surface area contributed by atoms with E-state index in [0.717, 1.165) is 11.3 Å². The number of carbonyl (C=O) groups is 2. The number of sulfonamides is 1. The summed E-state index contributed by atoms with van der Waals surface area (Å²) in [5, 5.41) is 11.4. The number of carbonyl (C=O) groups excluding carboxylic acids is 2. The molecule has 0 spiro atoms. The molecule has 0 unspecified atom stereocenters. The van der Waals surface area contributed by atoms with Crippen molar-refractivity contribution in [3.63, 3.8) is 0 Å². The van der Waals surface area contributed by atoms with Crippen molar-refractivity contribution < 1.29 is 18.0 Å². The van der Waals surface area contributed by atoms with Crippen molar-refractivity contribution in [1.29, 1.82) is 0 Å². The first-order valence-corrected chi connectivity index (χ1v) is 11.4. The largest absolute Gasteiger partial charge is 0.321 e. The molecule has 10 heteroatoms. The van der Waals surface area contributed by atoms with Crippen LogP contribution >= 0.6 is 22.9 Å². The molecule has 0 atom stereocenters. The Labute approximate surface area is 182 Å². The number of thiophene rings is 1. The van der Waals surface area contributed by atoms with Gasteiger partial charge in [-0.05, 0) is 55.3 Å². The van der Waals surface area contributed by atoms with Crippen molar-refractivity contribution in [2.24, 2.45) is 5.14 Å². The van der Waals surface area contributed by atoms with Crippen LogP contribution in [-0.2, 0) is 10.0 Å². The molecule has 3 rings (SSSR count). The summed E-state index contributed by atoms with van der Waals surface area (Å²) < 4.78 is 23.4. The minimum absolute atomic E-state index is 0.0594. The van der Waals surface area contributed by atoms with E-state index < -0.39 is 15.9 Å². The van der Waals surface area contributed by atoms with E-state index in [1.807, 2.05) is 0 Å². The Balaban J connectivity index is 1.79. The Kier molecular flexibility index (Phi) is 6.27. The van der Waals surface area contributed by atoms with Gasteiger partial charge in [-0.3, -0.25) is 9.59 Å². The van der Waals surface area contributed by atoms with Crippen LogP contribution in [0, 0.1) is 13.8 Å². The van der Waals surface area contributed by atoms with Crippen molar-refractivity contribution in [3.05, 3.63) is 75.1 Å². The van der Waals surface area contributed by atoms with Gasteiger partial charge in [0.05, 0.1) is 25.4 Å². The summed E-state index contributed by atoms with van der Waals surface area (Å²) in [7, 11) is -3.91. The van der Waals surface area contributed by atoms with Gasteiger partial charge in [0.1, 0.15) is 0 Å². The zero-order valence-corrected chi connectivity index (χ0v) is 18.4. The SMILES string of the molecule is Cc1ccc(NC(=O)c2sc(NC(=O)c3ccccc3Cl)cc2C)cc1S(N)(=O)=O. The standard InChI is InChI=1S/C20H18ClN3O4S2/c1-11-7-8-13(10-16(11)30(22,27)28)23-20(26)18-12(2)9-17(29-18)24-19(25)14-5-3-4-6-15(14)21/h3-10H,1-2H3,(H,23,26)(H,24,25)(H2,22,27,28). The monoisotopic (exact) mass is 463 g/mol. The van der Waals surface area contributed by atoms with Gasteiger partial charge in [-0.1, -0.05) is 29.8 Å². The number of primary sulfonamides is 1. The first-order valence-electron chi connectivity index (χ1n) is 8.67. The minimum Gasteiger partial charge on any atom is -0.321 e. The molecular formula is C20H18ClN3O4S2. The number of rotatable bonds is 5. The van der Waals surface area contributed by atoms with E-state index in [-0.39, 0.29) is 10.8 Å². The zero-order chi connectivity index (χ0) is 22.1. The first-order chi connectivity index (χ1) is 14.1. The molecule has 7 nitrogen and oxygen atoms in total. The lowest BCUT2D eigenvalue weighted by atomic mass is 10.2. The minimum atomic E-state index is -3.91. The molecule has 30 heavy (non-hydrogen) atoms. The predicted molar refractivity (Wildman–Crippen MR) is 119 cm³/mol. The quantitative estimate of drug-likeness (QED) is 0.526. The maximum absolute atomic E-state index is 12.7. The number of nitrogens with one attached hydrogen (secondary N) is 2. The second kappa shape index (κ2) is 8.57. The molecule has 0 radical (unpaired) electrons. The van der Waals surface area contributed by atoms with Crippen LogP contribution in [0.4, 0.5) is 10.7 Å². The molecule has 0 aliphatic rings. The highest BCUT2D eigenvalue weighted by atomic mass is 35.5. The fourth-order valence-corrected chi connectivity index (χ4v) is 4.76. The predicted octanol–water partition coefficient (Wildman–Crippen LogP) is 4.17. The van der Waals surface area contributed by atoms with Crippen LogP contribution in [0.5, 0.6) is 0 Å². The molecule has 0 aliphatic carbocycles. The van der Waals surface area contributed by atoms with Crippen LogP contribution in [0.1, 0.15) is 31.2 Å². The van der Waals surface area contributed by atoms with Crippen molar-refractivity contribution in [2.45, 2.75) is 18.7 Å². The Bertz CT molecular complexity index is 1250. The van der Waals surface area contributed by atoms with Crippen LogP contribution < -0.4 is 15.8 Å². The molecule has 1 aromatic heterocycles. The number of halogens is 1. The summed E-state index contributed by atoms with van der Waals surface area (Å²) >= 11 is 7.14. The zero-order valence-electron chi connectivity index (χ0n) is 16.0. The van der Waals surface area contributed by atoms with E-state index in [9.17, 15) is 18.0 Å². The molecule has 0 saturated heterocycles. The van der Waals surface area contributed by atoms with E-state index in [1.54, 1.807) is 56.3 Å². The molecule has 0 fully saturated rings. The second-order valence-corrected chi connectivity index (χ2v) is 9.53. The molecule has 0 aliphatic heterocycles. The number of amides is 2. The van der Waals surface area contributed by atoms with Gasteiger partial charge in [-0.25, -0.2) is 13.6 Å². The fraction of sp³-hybridized carbons (Fsp3) is 0.100. The topological polar surface area (TPSA) is 118 Å². The van der Waals surface area contributed by atoms with E-state index in [2.05, 4.69) is 10.6 Å². The van der Waals surface area contributed by atoms with Crippen LogP contribution in [0.15, 0.2) is 53.4 Å². The van der Waals surface area contributed by atoms with Gasteiger partial charge in [-0.15, -0.1) is 11.3 Å². The van der Waals surface area contributed by atoms with Gasteiger partial charge in [0, 0.05) is 5.69 Å². The van der Waals surface area contributed by atoms with Crippen LogP contribution in [0.3, 0.4) is 0 Å². The number of nitrogens with two attached hydrogens (primary N) is 1. The molecule has 3 aromatic rings. The summed E-state index contributed by atoms with van der Waals surface area (Å²) in [5.74, 6) is -0.815. The third-order valence-electron chi connectivity index (χ3n) is 4.23. The molecule has 0 saturated carbocycles. The van der Waals surface area contributed by atoms with Crippen molar-refractivity contribution >= 4 is 55.5 Å². The van der Waals surface area contributed by atoms with E-state index in [1.165, 1.54) is 6.07 Å². The third-order valence-corrected chi connectivity index (χ3v) is 6.77. The number of hydrogen-bond acceptors (Lipinski definition) is 5. The van der Waals surface area contributed by atoms with Crippen LogP contribution in [-0.4, -0.2) is 20.2 Å². The van der Waals surface area contributed by atoms with Gasteiger partial charge in [0.25, 0.3) is 11.8 Å². The van der Waals surface area contributed by atoms with Crippen molar-refractivity contribution in [3.8, 4) is 0 Å². The molecule has 2 amide bonds. The Morgan fingerprint density at radius 3 is 2.33 bits per heavy atom. The van der Waals surface area contributed by atoms with E-state index in [4.69, 9.17) is 16.7 Å². The average molecular weight is 464 g/mol. The molecule has 0 bridgehead atoms. The van der Waals surface area contributed by atoms with E-state index >= 15 is 0 Å². The molecular weight excluding hydrogens is 446 g/mol. The van der Waals surface area contributed by atoms with Gasteiger partial charge in [0.2, 0.25) is 10.0 Å². The Hall–Kier alpha value is -2.72. The highest BCUT2D eigenvalue weighted by Crippen LogP contribution is 2.29. The number of hydrogen-bond donors (Lipinski definition) is 3. The lowest BCUT2D eigenvalue weighted by Gasteiger charge is -2.08. The summed E-state index contributed by atoms with van der Waals surface area (Å²) in [6.45, 7) is 3.35. The first kappa shape index (κ1) is 22.0. The molecule has 1 heterocycles. The van der Waals surface area contributed by atoms with Crippen molar-refractivity contribution in [2.75, 3.05) is 10.6 Å². The third kappa shape index (κ3) is 4.88. The maximum atomic E-state index is 12.7. The average Bonchev–Trinajstić information content (AvgIpc) is 3.03. The fourth-order valence-electron chi connectivity index (χ4n) is 2.77. The molecule has 2 aromatic carbocycles. The van der Waals surface area contributed by atoms with Crippen LogP contribution in [0.2, 0.25) is 5.02 Å². The number of benzene rings is 2. The Morgan fingerprint density at radius 1 is 0.967 bits per heavy atom. The maximum Gasteiger partial charge on any atom is 0.266 e. The summed E-state index contributed by atoms with van der Waals surface area (Å²) in [6.07, 6.45) is 0. The van der Waals surface area contributed by atoms with Gasteiger partial charge in [0.15, 0.2) is 0 Å². The lowest BCUT2D eigenvalue weighted by Crippen LogP contribution is -2.16. The Morgan fingerprint density at radius 2 is 1.67 bits per heavy atom. The summed E-state index contributed by atoms with van der Waals surface area (Å²) in [5.41, 5.74) is 1.76. The summed E-state index contributed by atoms with van der Waals surface area (Å²) in [6, 6.07) is 12.8. The second-order valence-electron chi connectivity index (χ2n) is 6.54. The number of aryl methyl sites for hydroxylation is 2. The smallest absolute Gasteiger partial charge is 0.266 e. The van der Waals surface area contributed by atoms with Gasteiger partial charge < -0.3 is 10.6 Å². The molecule has 156 valence electrons. The number of anilines is 2. The summed E-state index contributed by atoms with van der Waals surface area (Å²) in [4.78, 5) is 25.4. The van der Waals surface area contributed by atoms with E-state index in [0.29, 0.717) is 37.3 Å². The van der Waals surface area contributed by atoms with Gasteiger partial charge in [-0.2, -0.15) is 0 Å². The highest BCUT2D eigenvalue weighted by Gasteiger charge is 2.18. The molecule has 4 N–H and O–H groups in total.